The predicted molar refractivity (Wildman–Crippen MR) is 61.6 cm³/mol. The number of epoxide rings is 1. The number of fused-ring (bicyclic) bond motifs is 1. The molecule has 104 valence electrons. The molecule has 0 saturated carbocycles. The van der Waals surface area contributed by atoms with Gasteiger partial charge in [0.15, 0.2) is 12.6 Å². The number of nitrogens with two attached hydrogens (primary N) is 1. The summed E-state index contributed by atoms with van der Waals surface area (Å²) in [7, 11) is 0. The highest BCUT2D eigenvalue weighted by Gasteiger charge is 2.52. The minimum atomic E-state index is -0.510. The summed E-state index contributed by atoms with van der Waals surface area (Å²) in [5, 5.41) is 9.75. The smallest absolute Gasteiger partial charge is 0.190 e. The largest absolute Gasteiger partial charge is 0.390 e. The lowest BCUT2D eigenvalue weighted by Crippen LogP contribution is -2.54. The highest BCUT2D eigenvalue weighted by atomic mass is 16.8. The van der Waals surface area contributed by atoms with Crippen molar-refractivity contribution in [3.8, 4) is 0 Å². The Balaban J connectivity index is 1.58. The first-order chi connectivity index (χ1) is 8.54. The maximum atomic E-state index is 9.75. The Bertz CT molecular complexity index is 303. The van der Waals surface area contributed by atoms with Crippen LogP contribution >= 0.6 is 0 Å². The summed E-state index contributed by atoms with van der Waals surface area (Å²) in [5.74, 6) is 0. The number of hydrogen-bond acceptors (Lipinski definition) is 6. The van der Waals surface area contributed by atoms with E-state index < -0.39 is 12.4 Å². The van der Waals surface area contributed by atoms with Gasteiger partial charge in [0.25, 0.3) is 0 Å². The molecule has 0 aromatic rings. The third-order valence-corrected chi connectivity index (χ3v) is 3.83. The van der Waals surface area contributed by atoms with E-state index in [9.17, 15) is 5.11 Å². The molecule has 3 fully saturated rings. The SMILES string of the molecule is CC1CC(N)C(OC2CC(O)C3OC3O2)C(C)O1. The summed E-state index contributed by atoms with van der Waals surface area (Å²) in [6.45, 7) is 3.96. The van der Waals surface area contributed by atoms with Crippen LogP contribution < -0.4 is 5.73 Å². The van der Waals surface area contributed by atoms with Crippen molar-refractivity contribution in [2.45, 2.75) is 75.8 Å². The van der Waals surface area contributed by atoms with Crippen molar-refractivity contribution in [3.05, 3.63) is 0 Å². The maximum Gasteiger partial charge on any atom is 0.190 e. The number of ether oxygens (including phenoxy) is 4. The van der Waals surface area contributed by atoms with Crippen LogP contribution in [-0.2, 0) is 18.9 Å². The van der Waals surface area contributed by atoms with E-state index in [1.807, 2.05) is 13.8 Å². The monoisotopic (exact) mass is 259 g/mol. The predicted octanol–water partition coefficient (Wildman–Crippen LogP) is -0.272. The van der Waals surface area contributed by atoms with Crippen LogP contribution in [0.15, 0.2) is 0 Å². The van der Waals surface area contributed by atoms with Gasteiger partial charge in [-0.25, -0.2) is 0 Å². The summed E-state index contributed by atoms with van der Waals surface area (Å²) in [6.07, 6.45) is -0.366. The van der Waals surface area contributed by atoms with E-state index in [2.05, 4.69) is 0 Å². The van der Waals surface area contributed by atoms with Gasteiger partial charge in [-0.3, -0.25) is 0 Å². The van der Waals surface area contributed by atoms with Gasteiger partial charge in [-0.15, -0.1) is 0 Å². The van der Waals surface area contributed by atoms with Gasteiger partial charge in [-0.2, -0.15) is 0 Å². The number of aliphatic hydroxyl groups is 1. The molecule has 18 heavy (non-hydrogen) atoms. The molecule has 3 N–H and O–H groups in total. The molecular weight excluding hydrogens is 238 g/mol. The van der Waals surface area contributed by atoms with Gasteiger partial charge in [0.1, 0.15) is 12.2 Å². The zero-order valence-corrected chi connectivity index (χ0v) is 10.7. The standard InChI is InChI=1S/C12H21NO5/c1-5-3-7(13)10(6(2)15-5)16-9-4-8(14)11-12(17-9)18-11/h5-12,14H,3-4,13H2,1-2H3. The number of rotatable bonds is 2. The summed E-state index contributed by atoms with van der Waals surface area (Å²) in [6, 6.07) is -0.0673. The van der Waals surface area contributed by atoms with Crippen molar-refractivity contribution in [1.82, 2.24) is 0 Å². The molecule has 6 heteroatoms. The molecule has 0 radical (unpaired) electrons. The molecule has 3 saturated heterocycles. The van der Waals surface area contributed by atoms with E-state index in [4.69, 9.17) is 24.7 Å². The van der Waals surface area contributed by atoms with E-state index in [0.29, 0.717) is 6.42 Å². The molecule has 6 nitrogen and oxygen atoms in total. The molecule has 0 spiro atoms. The molecule has 8 unspecified atom stereocenters. The fourth-order valence-corrected chi connectivity index (χ4v) is 2.87. The molecule has 8 atom stereocenters. The molecule has 3 aliphatic rings. The fraction of sp³-hybridized carbons (Fsp3) is 1.00. The topological polar surface area (TPSA) is 86.5 Å². The highest BCUT2D eigenvalue weighted by Crippen LogP contribution is 2.36. The minimum absolute atomic E-state index is 0.0673. The first-order valence-corrected chi connectivity index (χ1v) is 6.60. The molecule has 3 aliphatic heterocycles. The van der Waals surface area contributed by atoms with Gasteiger partial charge in [0.2, 0.25) is 0 Å². The van der Waals surface area contributed by atoms with Crippen molar-refractivity contribution in [2.24, 2.45) is 5.73 Å². The quantitative estimate of drug-likeness (QED) is 0.664. The van der Waals surface area contributed by atoms with Gasteiger partial charge < -0.3 is 29.8 Å². The van der Waals surface area contributed by atoms with E-state index in [1.54, 1.807) is 0 Å². The fourth-order valence-electron chi connectivity index (χ4n) is 2.87. The van der Waals surface area contributed by atoms with Gasteiger partial charge in [-0.1, -0.05) is 0 Å². The van der Waals surface area contributed by atoms with Gasteiger partial charge in [0.05, 0.1) is 18.3 Å². The minimum Gasteiger partial charge on any atom is -0.390 e. The number of aliphatic hydroxyl groups excluding tert-OH is 1. The Hall–Kier alpha value is -0.240. The van der Waals surface area contributed by atoms with Crippen molar-refractivity contribution >= 4 is 0 Å². The molecule has 0 aliphatic carbocycles. The third kappa shape index (κ3) is 2.41. The lowest BCUT2D eigenvalue weighted by Gasteiger charge is -2.39. The molecule has 0 aromatic carbocycles. The molecule has 3 heterocycles. The Morgan fingerprint density at radius 2 is 1.94 bits per heavy atom. The summed E-state index contributed by atoms with van der Waals surface area (Å²) < 4.78 is 22.3. The van der Waals surface area contributed by atoms with Crippen LogP contribution in [0.2, 0.25) is 0 Å². The Morgan fingerprint density at radius 3 is 2.61 bits per heavy atom. The van der Waals surface area contributed by atoms with Crippen LogP contribution in [0, 0.1) is 0 Å². The first-order valence-electron chi connectivity index (χ1n) is 6.60. The molecule has 0 aromatic heterocycles. The second-order valence-electron chi connectivity index (χ2n) is 5.49. The van der Waals surface area contributed by atoms with Crippen molar-refractivity contribution in [1.29, 1.82) is 0 Å². The summed E-state index contributed by atoms with van der Waals surface area (Å²) in [5.41, 5.74) is 6.10. The maximum absolute atomic E-state index is 9.75. The van der Waals surface area contributed by atoms with Crippen LogP contribution in [-0.4, -0.2) is 54.2 Å². The van der Waals surface area contributed by atoms with Crippen LogP contribution in [0.4, 0.5) is 0 Å². The summed E-state index contributed by atoms with van der Waals surface area (Å²) in [4.78, 5) is 0. The van der Waals surface area contributed by atoms with Crippen molar-refractivity contribution in [2.75, 3.05) is 0 Å². The van der Waals surface area contributed by atoms with Crippen LogP contribution in [0.1, 0.15) is 26.7 Å². The average Bonchev–Trinajstić information content (AvgIpc) is 3.03. The van der Waals surface area contributed by atoms with Gasteiger partial charge >= 0.3 is 0 Å². The van der Waals surface area contributed by atoms with Gasteiger partial charge in [-0.05, 0) is 20.3 Å². The van der Waals surface area contributed by atoms with Crippen molar-refractivity contribution < 1.29 is 24.1 Å². The Morgan fingerprint density at radius 1 is 1.17 bits per heavy atom. The molecule has 3 rings (SSSR count). The second kappa shape index (κ2) is 4.70. The Labute approximate surface area is 106 Å². The zero-order chi connectivity index (χ0) is 12.9. The third-order valence-electron chi connectivity index (χ3n) is 3.83. The van der Waals surface area contributed by atoms with Gasteiger partial charge in [0, 0.05) is 12.5 Å². The normalized spacial score (nSPS) is 56.0. The highest BCUT2D eigenvalue weighted by molar-refractivity contribution is 4.91. The van der Waals surface area contributed by atoms with E-state index in [1.165, 1.54) is 0 Å². The first kappa shape index (κ1) is 12.8. The second-order valence-corrected chi connectivity index (χ2v) is 5.49. The lowest BCUT2D eigenvalue weighted by atomic mass is 9.97. The van der Waals surface area contributed by atoms with E-state index >= 15 is 0 Å². The van der Waals surface area contributed by atoms with Crippen LogP contribution in [0.3, 0.4) is 0 Å². The van der Waals surface area contributed by atoms with Crippen molar-refractivity contribution in [3.63, 3.8) is 0 Å². The molecule has 0 amide bonds. The summed E-state index contributed by atoms with van der Waals surface area (Å²) >= 11 is 0. The van der Waals surface area contributed by atoms with E-state index in [-0.39, 0.29) is 36.7 Å². The van der Waals surface area contributed by atoms with Crippen LogP contribution in [0.25, 0.3) is 0 Å². The lowest BCUT2D eigenvalue weighted by molar-refractivity contribution is -0.247. The van der Waals surface area contributed by atoms with E-state index in [0.717, 1.165) is 6.42 Å². The zero-order valence-electron chi connectivity index (χ0n) is 10.7. The average molecular weight is 259 g/mol. The Kier molecular flexibility index (Phi) is 3.34. The van der Waals surface area contributed by atoms with Crippen LogP contribution in [0.5, 0.6) is 0 Å². The number of hydrogen-bond donors (Lipinski definition) is 2. The molecule has 0 bridgehead atoms. The molecular formula is C12H21NO5.